The van der Waals surface area contributed by atoms with Crippen molar-refractivity contribution >= 4 is 49.8 Å². The SMILES string of the molecule is Cn1nc(-c2cnc3[nH]cc(OC(=O)N[C@@H]4CCCN(S(C)(=O)=O)C4)c3n2)c2ccc(Cl)cc21. The van der Waals surface area contributed by atoms with Crippen LogP contribution in [0.25, 0.3) is 33.5 Å². The molecular weight excluding hydrogens is 482 g/mol. The fourth-order valence-electron chi connectivity index (χ4n) is 4.14. The number of hydrogen-bond acceptors (Lipinski definition) is 7. The minimum atomic E-state index is -3.32. The Morgan fingerprint density at radius 3 is 2.97 bits per heavy atom. The van der Waals surface area contributed by atoms with Crippen LogP contribution in [0.4, 0.5) is 4.79 Å². The molecule has 0 bridgehead atoms. The highest BCUT2D eigenvalue weighted by molar-refractivity contribution is 7.88. The lowest BCUT2D eigenvalue weighted by atomic mass is 10.1. The molecule has 178 valence electrons. The monoisotopic (exact) mass is 503 g/mol. The molecule has 2 N–H and O–H groups in total. The third kappa shape index (κ3) is 4.31. The van der Waals surface area contributed by atoms with Crippen molar-refractivity contribution in [3.63, 3.8) is 0 Å². The Morgan fingerprint density at radius 2 is 2.18 bits per heavy atom. The number of aromatic nitrogens is 5. The quantitative estimate of drug-likeness (QED) is 0.437. The average Bonchev–Trinajstić information content (AvgIpc) is 3.33. The van der Waals surface area contributed by atoms with Gasteiger partial charge in [0.2, 0.25) is 10.0 Å². The molecule has 4 aromatic rings. The van der Waals surface area contributed by atoms with E-state index in [0.29, 0.717) is 47.0 Å². The summed E-state index contributed by atoms with van der Waals surface area (Å²) < 4.78 is 32.2. The van der Waals surface area contributed by atoms with E-state index >= 15 is 0 Å². The summed E-state index contributed by atoms with van der Waals surface area (Å²) >= 11 is 6.12. The Kier molecular flexibility index (Phi) is 5.66. The third-order valence-corrected chi connectivity index (χ3v) is 7.28. The summed E-state index contributed by atoms with van der Waals surface area (Å²) in [7, 11) is -1.50. The minimum absolute atomic E-state index is 0.209. The molecule has 1 amide bonds. The topological polar surface area (TPSA) is 135 Å². The first-order valence-electron chi connectivity index (χ1n) is 10.6. The number of piperidine rings is 1. The van der Waals surface area contributed by atoms with Gasteiger partial charge in [-0.3, -0.25) is 4.68 Å². The highest BCUT2D eigenvalue weighted by Crippen LogP contribution is 2.30. The van der Waals surface area contributed by atoms with Crippen molar-refractivity contribution in [3.8, 4) is 17.1 Å². The number of fused-ring (bicyclic) bond motifs is 2. The lowest BCUT2D eigenvalue weighted by Crippen LogP contribution is -2.49. The molecule has 1 aliphatic rings. The number of carbonyl (C=O) groups excluding carboxylic acids is 1. The third-order valence-electron chi connectivity index (χ3n) is 5.78. The van der Waals surface area contributed by atoms with Gasteiger partial charge in [-0.15, -0.1) is 0 Å². The Labute approximate surface area is 200 Å². The lowest BCUT2D eigenvalue weighted by Gasteiger charge is -2.30. The molecule has 1 saturated heterocycles. The number of rotatable bonds is 4. The second-order valence-electron chi connectivity index (χ2n) is 8.23. The molecule has 3 aromatic heterocycles. The highest BCUT2D eigenvalue weighted by atomic mass is 35.5. The number of hydrogen-bond donors (Lipinski definition) is 2. The van der Waals surface area contributed by atoms with Gasteiger partial charge >= 0.3 is 6.09 Å². The Morgan fingerprint density at radius 1 is 1.35 bits per heavy atom. The van der Waals surface area contributed by atoms with Gasteiger partial charge in [0.05, 0.1) is 18.0 Å². The zero-order valence-corrected chi connectivity index (χ0v) is 20.0. The van der Waals surface area contributed by atoms with E-state index in [0.717, 1.165) is 17.2 Å². The van der Waals surface area contributed by atoms with Crippen molar-refractivity contribution in [1.29, 1.82) is 0 Å². The van der Waals surface area contributed by atoms with Crippen LogP contribution in [0.2, 0.25) is 5.02 Å². The summed E-state index contributed by atoms with van der Waals surface area (Å²) in [6, 6.07) is 5.14. The van der Waals surface area contributed by atoms with Crippen LogP contribution < -0.4 is 10.1 Å². The molecule has 5 rings (SSSR count). The van der Waals surface area contributed by atoms with Crippen LogP contribution in [-0.2, 0) is 17.1 Å². The molecule has 1 fully saturated rings. The largest absolute Gasteiger partial charge is 0.412 e. The molecule has 11 nitrogen and oxygen atoms in total. The summed E-state index contributed by atoms with van der Waals surface area (Å²) in [5.74, 6) is 0.209. The van der Waals surface area contributed by atoms with E-state index in [4.69, 9.17) is 16.3 Å². The number of aryl methyl sites for hydroxylation is 1. The predicted octanol–water partition coefficient (Wildman–Crippen LogP) is 2.68. The summed E-state index contributed by atoms with van der Waals surface area (Å²) in [4.78, 5) is 24.5. The van der Waals surface area contributed by atoms with Gasteiger partial charge in [-0.1, -0.05) is 11.6 Å². The molecule has 0 spiro atoms. The van der Waals surface area contributed by atoms with Crippen molar-refractivity contribution in [3.05, 3.63) is 35.6 Å². The van der Waals surface area contributed by atoms with Crippen molar-refractivity contribution in [2.75, 3.05) is 19.3 Å². The first-order valence-corrected chi connectivity index (χ1v) is 12.8. The Hall–Kier alpha value is -3.22. The number of amides is 1. The van der Waals surface area contributed by atoms with E-state index in [-0.39, 0.29) is 18.3 Å². The van der Waals surface area contributed by atoms with Gasteiger partial charge in [-0.05, 0) is 31.0 Å². The number of sulfonamides is 1. The molecule has 0 unspecified atom stereocenters. The van der Waals surface area contributed by atoms with Gasteiger partial charge in [-0.25, -0.2) is 27.5 Å². The molecule has 1 atom stereocenters. The zero-order chi connectivity index (χ0) is 24.0. The van der Waals surface area contributed by atoms with Gasteiger partial charge in [-0.2, -0.15) is 5.10 Å². The Balaban J connectivity index is 1.38. The summed E-state index contributed by atoms with van der Waals surface area (Å²) in [6.07, 6.45) is 4.90. The van der Waals surface area contributed by atoms with Crippen LogP contribution in [0, 0.1) is 0 Å². The van der Waals surface area contributed by atoms with Crippen molar-refractivity contribution in [2.24, 2.45) is 7.05 Å². The second-order valence-corrected chi connectivity index (χ2v) is 10.7. The van der Waals surface area contributed by atoms with E-state index in [1.807, 2.05) is 19.2 Å². The average molecular weight is 504 g/mol. The number of benzene rings is 1. The molecule has 0 radical (unpaired) electrons. The van der Waals surface area contributed by atoms with Crippen LogP contribution in [0.15, 0.2) is 30.6 Å². The number of carbonyl (C=O) groups is 1. The second kappa shape index (κ2) is 8.53. The van der Waals surface area contributed by atoms with Crippen molar-refractivity contribution < 1.29 is 17.9 Å². The Bertz CT molecular complexity index is 1510. The maximum atomic E-state index is 12.6. The molecule has 1 aromatic carbocycles. The van der Waals surface area contributed by atoms with Gasteiger partial charge in [0.1, 0.15) is 11.4 Å². The molecule has 4 heterocycles. The molecule has 0 saturated carbocycles. The maximum absolute atomic E-state index is 12.6. The van der Waals surface area contributed by atoms with E-state index < -0.39 is 16.1 Å². The highest BCUT2D eigenvalue weighted by Gasteiger charge is 2.27. The summed E-state index contributed by atoms with van der Waals surface area (Å²) in [5, 5.41) is 8.77. The minimum Gasteiger partial charge on any atom is -0.406 e. The standard InChI is InChI=1S/C21H22ClN7O4S/c1-28-16-8-12(22)5-6-14(16)18(27-28)15-9-23-20-19(26-15)17(10-24-20)33-21(30)25-13-4-3-7-29(11-13)34(2,31)32/h5-6,8-10,13H,3-4,7,11H2,1-2H3,(H,23,24)(H,25,30)/t13-/m1/s1. The summed E-state index contributed by atoms with van der Waals surface area (Å²) in [5.41, 5.74) is 2.83. The smallest absolute Gasteiger partial charge is 0.406 e. The molecule has 13 heteroatoms. The fraction of sp³-hybridized carbons (Fsp3) is 0.333. The number of H-pyrrole nitrogens is 1. The van der Waals surface area contributed by atoms with Gasteiger partial charge in [0, 0.05) is 42.8 Å². The lowest BCUT2D eigenvalue weighted by molar-refractivity contribution is 0.188. The van der Waals surface area contributed by atoms with Crippen LogP contribution >= 0.6 is 11.6 Å². The van der Waals surface area contributed by atoms with E-state index in [2.05, 4.69) is 25.4 Å². The molecule has 0 aliphatic carbocycles. The van der Waals surface area contributed by atoms with Gasteiger partial charge < -0.3 is 15.0 Å². The normalized spacial score (nSPS) is 17.3. The van der Waals surface area contributed by atoms with Gasteiger partial charge in [0.25, 0.3) is 0 Å². The number of nitrogens with one attached hydrogen (secondary N) is 2. The number of ether oxygens (including phenoxy) is 1. The van der Waals surface area contributed by atoms with Crippen molar-refractivity contribution in [2.45, 2.75) is 18.9 Å². The van der Waals surface area contributed by atoms with E-state index in [1.165, 1.54) is 10.5 Å². The predicted molar refractivity (Wildman–Crippen MR) is 127 cm³/mol. The van der Waals surface area contributed by atoms with Crippen LogP contribution in [0.5, 0.6) is 5.75 Å². The number of halogens is 1. The summed E-state index contributed by atoms with van der Waals surface area (Å²) in [6.45, 7) is 0.657. The molecule has 1 aliphatic heterocycles. The van der Waals surface area contributed by atoms with Crippen molar-refractivity contribution in [1.82, 2.24) is 34.4 Å². The number of aromatic amines is 1. The van der Waals surface area contributed by atoms with Gasteiger partial charge in [0.15, 0.2) is 16.9 Å². The fourth-order valence-corrected chi connectivity index (χ4v) is 5.22. The van der Waals surface area contributed by atoms with E-state index in [9.17, 15) is 13.2 Å². The maximum Gasteiger partial charge on any atom is 0.412 e. The van der Waals surface area contributed by atoms with Crippen LogP contribution in [0.1, 0.15) is 12.8 Å². The van der Waals surface area contributed by atoms with E-state index in [1.54, 1.807) is 16.9 Å². The molecule has 34 heavy (non-hydrogen) atoms. The number of nitrogens with zero attached hydrogens (tertiary/aromatic N) is 5. The van der Waals surface area contributed by atoms with Crippen LogP contribution in [-0.4, -0.2) is 68.9 Å². The molecular formula is C21H22ClN7O4S. The first kappa shape index (κ1) is 22.6. The zero-order valence-electron chi connectivity index (χ0n) is 18.4. The van der Waals surface area contributed by atoms with Crippen LogP contribution in [0.3, 0.4) is 0 Å². The first-order chi connectivity index (χ1) is 16.2.